The highest BCUT2D eigenvalue weighted by molar-refractivity contribution is 7.24. The minimum atomic E-state index is 1.42. The molecule has 46 valence electrons. The van der Waals surface area contributed by atoms with Gasteiger partial charge >= 0.3 is 0 Å². The summed E-state index contributed by atoms with van der Waals surface area (Å²) < 4.78 is 2.89. The first-order valence-electron chi connectivity index (χ1n) is 3.06. The van der Waals surface area contributed by atoms with Gasteiger partial charge in [-0.3, -0.25) is 0 Å². The maximum absolute atomic E-state index is 2.24. The van der Waals surface area contributed by atoms with E-state index in [2.05, 4.69) is 26.0 Å². The lowest BCUT2D eigenvalue weighted by atomic mass is 10.2. The molecule has 0 spiro atoms. The van der Waals surface area contributed by atoms with Gasteiger partial charge in [-0.2, -0.15) is 0 Å². The fraction of sp³-hybridized carbons (Fsp3) is 0.250. The van der Waals surface area contributed by atoms with Crippen LogP contribution >= 0.6 is 11.3 Å². The van der Waals surface area contributed by atoms with Crippen molar-refractivity contribution in [1.82, 2.24) is 0 Å². The molecule has 0 aliphatic heterocycles. The Hall–Kier alpha value is -0.560. The standard InChI is InChI=1S/C8H8S/c1-5-3-7-4-6(2)8(5)9-7/h3-4H,1-2H3. The fourth-order valence-electron chi connectivity index (χ4n) is 1.25. The van der Waals surface area contributed by atoms with Gasteiger partial charge < -0.3 is 0 Å². The first-order valence-corrected chi connectivity index (χ1v) is 3.88. The second-order valence-electron chi connectivity index (χ2n) is 2.49. The normalized spacial score (nSPS) is 11.3. The molecule has 0 fully saturated rings. The van der Waals surface area contributed by atoms with Gasteiger partial charge in [0, 0.05) is 9.40 Å². The first kappa shape index (κ1) is 5.24. The first-order chi connectivity index (χ1) is 4.27. The van der Waals surface area contributed by atoms with Gasteiger partial charge in [-0.25, -0.2) is 0 Å². The third-order valence-corrected chi connectivity index (χ3v) is 2.97. The Morgan fingerprint density at radius 1 is 1.11 bits per heavy atom. The van der Waals surface area contributed by atoms with Crippen LogP contribution in [0.3, 0.4) is 0 Å². The molecule has 0 N–H and O–H groups in total. The molecule has 0 saturated carbocycles. The maximum atomic E-state index is 2.24. The molecule has 0 aliphatic rings. The van der Waals surface area contributed by atoms with E-state index in [1.165, 1.54) is 20.5 Å². The molecule has 0 nitrogen and oxygen atoms in total. The summed E-state index contributed by atoms with van der Waals surface area (Å²) >= 11 is 1.90. The largest absolute Gasteiger partial charge is 0.136 e. The molecule has 2 bridgehead atoms. The molecule has 2 aromatic heterocycles. The van der Waals surface area contributed by atoms with Crippen LogP contribution in [0.15, 0.2) is 12.1 Å². The molecule has 0 radical (unpaired) electrons. The summed E-state index contributed by atoms with van der Waals surface area (Å²) in [7, 11) is 0. The molecule has 0 saturated heterocycles. The third kappa shape index (κ3) is 0.583. The van der Waals surface area contributed by atoms with Crippen LogP contribution in [0.5, 0.6) is 0 Å². The highest BCUT2D eigenvalue weighted by Gasteiger charge is 2.03. The lowest BCUT2D eigenvalue weighted by molar-refractivity contribution is 1.51. The number of thiophene rings is 2. The maximum Gasteiger partial charge on any atom is 0.0335 e. The van der Waals surface area contributed by atoms with Gasteiger partial charge in [0.05, 0.1) is 0 Å². The fourth-order valence-corrected chi connectivity index (χ4v) is 2.40. The highest BCUT2D eigenvalue weighted by Crippen LogP contribution is 2.31. The van der Waals surface area contributed by atoms with Crippen LogP contribution in [0.2, 0.25) is 0 Å². The second kappa shape index (κ2) is 1.48. The van der Waals surface area contributed by atoms with Crippen LogP contribution in [-0.4, -0.2) is 0 Å². The smallest absolute Gasteiger partial charge is 0.0335 e. The average molecular weight is 136 g/mol. The molecule has 2 heterocycles. The van der Waals surface area contributed by atoms with Crippen LogP contribution in [0, 0.1) is 13.8 Å². The molecule has 0 amide bonds. The molecule has 0 unspecified atom stereocenters. The number of rotatable bonds is 0. The summed E-state index contributed by atoms with van der Waals surface area (Å²) in [5, 5.41) is 0. The zero-order valence-corrected chi connectivity index (χ0v) is 6.38. The van der Waals surface area contributed by atoms with Crippen molar-refractivity contribution in [3.63, 3.8) is 0 Å². The van der Waals surface area contributed by atoms with Gasteiger partial charge in [-0.1, -0.05) is 0 Å². The van der Waals surface area contributed by atoms with Gasteiger partial charge in [-0.05, 0) is 37.1 Å². The van der Waals surface area contributed by atoms with Crippen molar-refractivity contribution in [3.05, 3.63) is 23.3 Å². The van der Waals surface area contributed by atoms with E-state index < -0.39 is 0 Å². The SMILES string of the molecule is Cc1cc2cc(C)c1s2. The van der Waals surface area contributed by atoms with Crippen molar-refractivity contribution in [2.45, 2.75) is 13.8 Å². The Kier molecular flexibility index (Phi) is 0.862. The van der Waals surface area contributed by atoms with Crippen LogP contribution in [-0.2, 0) is 0 Å². The van der Waals surface area contributed by atoms with E-state index in [-0.39, 0.29) is 0 Å². The number of hydrogen-bond donors (Lipinski definition) is 0. The molecule has 0 aromatic carbocycles. The zero-order valence-electron chi connectivity index (χ0n) is 5.56. The van der Waals surface area contributed by atoms with Crippen LogP contribution in [0.1, 0.15) is 11.1 Å². The molecule has 0 atom stereocenters. The molecule has 9 heavy (non-hydrogen) atoms. The zero-order chi connectivity index (χ0) is 6.43. The van der Waals surface area contributed by atoms with Crippen LogP contribution in [0.25, 0.3) is 9.40 Å². The van der Waals surface area contributed by atoms with E-state index in [0.717, 1.165) is 0 Å². The van der Waals surface area contributed by atoms with Crippen molar-refractivity contribution >= 4 is 20.7 Å². The monoisotopic (exact) mass is 136 g/mol. The van der Waals surface area contributed by atoms with E-state index >= 15 is 0 Å². The number of hydrogen-bond acceptors (Lipinski definition) is 1. The van der Waals surface area contributed by atoms with E-state index in [0.29, 0.717) is 0 Å². The number of benzene rings is 1. The topological polar surface area (TPSA) is 0 Å². The molecular formula is C8H8S. The summed E-state index contributed by atoms with van der Waals surface area (Å²) in [6, 6.07) is 4.49. The summed E-state index contributed by atoms with van der Waals surface area (Å²) in [6.07, 6.45) is 0. The Labute approximate surface area is 58.5 Å². The van der Waals surface area contributed by atoms with Crippen molar-refractivity contribution in [1.29, 1.82) is 0 Å². The highest BCUT2D eigenvalue weighted by atomic mass is 32.1. The molecule has 1 heteroatoms. The van der Waals surface area contributed by atoms with E-state index in [1.807, 2.05) is 11.3 Å². The molecular weight excluding hydrogens is 128 g/mol. The predicted octanol–water partition coefficient (Wildman–Crippen LogP) is 2.96. The molecule has 2 aromatic rings. The molecule has 0 aliphatic carbocycles. The van der Waals surface area contributed by atoms with Gasteiger partial charge in [0.25, 0.3) is 0 Å². The van der Waals surface area contributed by atoms with Gasteiger partial charge in [-0.15, -0.1) is 11.3 Å². The van der Waals surface area contributed by atoms with Crippen molar-refractivity contribution in [3.8, 4) is 0 Å². The average Bonchev–Trinajstić information content (AvgIpc) is 2.22. The van der Waals surface area contributed by atoms with Gasteiger partial charge in [0.15, 0.2) is 0 Å². The lowest BCUT2D eigenvalue weighted by Crippen LogP contribution is -1.68. The summed E-state index contributed by atoms with van der Waals surface area (Å²) in [6.45, 7) is 4.34. The predicted molar refractivity (Wildman–Crippen MR) is 42.5 cm³/mol. The van der Waals surface area contributed by atoms with Crippen LogP contribution < -0.4 is 0 Å². The second-order valence-corrected chi connectivity index (χ2v) is 3.57. The summed E-state index contributed by atoms with van der Waals surface area (Å²) in [4.78, 5) is 0. The number of fused-ring (bicyclic) bond motifs is 2. The van der Waals surface area contributed by atoms with Crippen molar-refractivity contribution in [2.75, 3.05) is 0 Å². The Balaban J connectivity index is 2.96. The summed E-state index contributed by atoms with van der Waals surface area (Å²) in [5.41, 5.74) is 2.88. The Bertz CT molecular complexity index is 293. The number of aryl methyl sites for hydroxylation is 2. The minimum absolute atomic E-state index is 1.42. The Morgan fingerprint density at radius 2 is 1.67 bits per heavy atom. The van der Waals surface area contributed by atoms with Gasteiger partial charge in [0.2, 0.25) is 0 Å². The summed E-state index contributed by atoms with van der Waals surface area (Å²) in [5.74, 6) is 0. The van der Waals surface area contributed by atoms with Crippen molar-refractivity contribution < 1.29 is 0 Å². The lowest BCUT2D eigenvalue weighted by Gasteiger charge is -1.88. The molecule has 2 rings (SSSR count). The minimum Gasteiger partial charge on any atom is -0.136 e. The van der Waals surface area contributed by atoms with E-state index in [1.54, 1.807) is 0 Å². The van der Waals surface area contributed by atoms with Gasteiger partial charge in [0.1, 0.15) is 0 Å². The van der Waals surface area contributed by atoms with E-state index in [9.17, 15) is 0 Å². The van der Waals surface area contributed by atoms with Crippen LogP contribution in [0.4, 0.5) is 0 Å². The van der Waals surface area contributed by atoms with E-state index in [4.69, 9.17) is 0 Å². The quantitative estimate of drug-likeness (QED) is 0.522. The third-order valence-electron chi connectivity index (χ3n) is 1.65. The van der Waals surface area contributed by atoms with Crippen molar-refractivity contribution in [2.24, 2.45) is 0 Å². The Morgan fingerprint density at radius 3 is 1.89 bits per heavy atom.